The van der Waals surface area contributed by atoms with Crippen LogP contribution in [0.15, 0.2) is 35.6 Å². The lowest BCUT2D eigenvalue weighted by molar-refractivity contribution is -0.238. The predicted molar refractivity (Wildman–Crippen MR) is 99.4 cm³/mol. The van der Waals surface area contributed by atoms with E-state index < -0.39 is 41.9 Å². The molecule has 0 radical (unpaired) electrons. The van der Waals surface area contributed by atoms with Gasteiger partial charge in [-0.1, -0.05) is 0 Å². The molecule has 1 amide bonds. The number of hydrogen-bond acceptors (Lipinski definition) is 8. The third-order valence-corrected chi connectivity index (χ3v) is 4.35. The van der Waals surface area contributed by atoms with Crippen molar-refractivity contribution >= 4 is 17.6 Å². The molecule has 1 aromatic heterocycles. The van der Waals surface area contributed by atoms with Crippen molar-refractivity contribution < 1.29 is 36.6 Å². The lowest BCUT2D eigenvalue weighted by Gasteiger charge is -2.39. The van der Waals surface area contributed by atoms with E-state index >= 15 is 0 Å². The molecule has 0 bridgehead atoms. The number of nitrogens with zero attached hydrogens (tertiary/aromatic N) is 3. The Morgan fingerprint density at radius 1 is 1.29 bits per heavy atom. The van der Waals surface area contributed by atoms with Crippen LogP contribution in [0.1, 0.15) is 12.5 Å². The molecular weight excluding hydrogens is 426 g/mol. The molecule has 2 unspecified atom stereocenters. The molecule has 9 nitrogen and oxygen atoms in total. The summed E-state index contributed by atoms with van der Waals surface area (Å²) in [5.41, 5.74) is 2.81. The number of alkyl halides is 3. The van der Waals surface area contributed by atoms with Gasteiger partial charge in [-0.15, -0.1) is 0 Å². The first-order valence-electron chi connectivity index (χ1n) is 8.70. The minimum absolute atomic E-state index is 0.0515. The van der Waals surface area contributed by atoms with Gasteiger partial charge in [0.1, 0.15) is 23.8 Å². The van der Waals surface area contributed by atoms with Gasteiger partial charge < -0.3 is 19.9 Å². The van der Waals surface area contributed by atoms with Crippen LogP contribution < -0.4 is 20.5 Å². The Bertz CT molecular complexity index is 999. The van der Waals surface area contributed by atoms with Crippen LogP contribution in [0, 0.1) is 5.82 Å². The van der Waals surface area contributed by atoms with Crippen LogP contribution in [-0.2, 0) is 10.3 Å². The Balaban J connectivity index is 1.86. The number of aromatic nitrogens is 2. The van der Waals surface area contributed by atoms with Crippen molar-refractivity contribution in [1.82, 2.24) is 9.97 Å². The highest BCUT2D eigenvalue weighted by atomic mass is 19.4. The van der Waals surface area contributed by atoms with Crippen molar-refractivity contribution in [2.75, 3.05) is 19.0 Å². The zero-order chi connectivity index (χ0) is 22.8. The second kappa shape index (κ2) is 8.34. The highest BCUT2D eigenvalue weighted by Gasteiger charge is 2.56. The number of carbonyl (C=O) groups is 1. The quantitative estimate of drug-likeness (QED) is 0.697. The highest BCUT2D eigenvalue weighted by Crippen LogP contribution is 2.43. The van der Waals surface area contributed by atoms with Crippen molar-refractivity contribution in [3.63, 3.8) is 0 Å². The molecule has 166 valence electrons. The number of amidine groups is 1. The Morgan fingerprint density at radius 2 is 1.97 bits per heavy atom. The van der Waals surface area contributed by atoms with Crippen molar-refractivity contribution in [3.05, 3.63) is 42.0 Å². The number of hydrogen-bond donors (Lipinski definition) is 2. The number of ether oxygens (including phenoxy) is 3. The number of anilines is 1. The van der Waals surface area contributed by atoms with E-state index in [1.165, 1.54) is 13.3 Å². The van der Waals surface area contributed by atoms with Crippen LogP contribution in [0.3, 0.4) is 0 Å². The monoisotopic (exact) mass is 443 g/mol. The fourth-order valence-electron chi connectivity index (χ4n) is 3.03. The predicted octanol–water partition coefficient (Wildman–Crippen LogP) is 2.77. The molecule has 13 heteroatoms. The van der Waals surface area contributed by atoms with Crippen LogP contribution in [0.25, 0.3) is 0 Å². The lowest BCUT2D eigenvalue weighted by Crippen LogP contribution is -2.53. The van der Waals surface area contributed by atoms with Crippen LogP contribution in [-0.4, -0.2) is 47.9 Å². The van der Waals surface area contributed by atoms with Gasteiger partial charge in [-0.3, -0.25) is 10.3 Å². The zero-order valence-corrected chi connectivity index (χ0v) is 16.2. The van der Waals surface area contributed by atoms with Gasteiger partial charge in [0.05, 0.1) is 19.5 Å². The Morgan fingerprint density at radius 3 is 2.58 bits per heavy atom. The Labute approximate surface area is 173 Å². The van der Waals surface area contributed by atoms with Crippen LogP contribution in [0.4, 0.5) is 28.0 Å². The van der Waals surface area contributed by atoms with Crippen molar-refractivity contribution in [1.29, 1.82) is 0 Å². The number of nitrogens with one attached hydrogen (secondary N) is 1. The molecule has 2 atom stereocenters. The summed E-state index contributed by atoms with van der Waals surface area (Å²) >= 11 is 0. The minimum Gasteiger partial charge on any atom is -0.480 e. The van der Waals surface area contributed by atoms with Gasteiger partial charge in [-0.2, -0.15) is 13.2 Å². The molecule has 2 heterocycles. The third-order valence-electron chi connectivity index (χ3n) is 4.35. The molecule has 3 N–H and O–H groups in total. The first-order chi connectivity index (χ1) is 14.5. The molecule has 0 spiro atoms. The third kappa shape index (κ3) is 4.82. The number of amides is 1. The number of rotatable bonds is 4. The minimum atomic E-state index is -4.85. The number of aliphatic imine (C=N–C) groups is 1. The van der Waals surface area contributed by atoms with E-state index in [9.17, 15) is 22.4 Å². The maximum atomic E-state index is 14.5. The summed E-state index contributed by atoms with van der Waals surface area (Å²) in [4.78, 5) is 23.5. The Hall–Kier alpha value is -3.48. The van der Waals surface area contributed by atoms with Crippen LogP contribution in [0.5, 0.6) is 11.8 Å². The number of benzene rings is 1. The topological polar surface area (TPSA) is 121 Å². The lowest BCUT2D eigenvalue weighted by atomic mass is 9.84. The largest absolute Gasteiger partial charge is 0.480 e. The molecular formula is C18H17F4N5O4. The first-order valence-corrected chi connectivity index (χ1v) is 8.70. The van der Waals surface area contributed by atoms with Gasteiger partial charge in [0.25, 0.3) is 0 Å². The second-order valence-electron chi connectivity index (χ2n) is 6.59. The molecule has 0 aliphatic carbocycles. The SMILES string of the molecule is COc1cnc(OC(=O)Nc2ccc(F)c(C3(C)N=C(N)COC3C(F)(F)F)c2)cn1. The van der Waals surface area contributed by atoms with Crippen LogP contribution in [0.2, 0.25) is 0 Å². The van der Waals surface area contributed by atoms with E-state index in [0.29, 0.717) is 0 Å². The second-order valence-corrected chi connectivity index (χ2v) is 6.59. The molecule has 0 saturated carbocycles. The van der Waals surface area contributed by atoms with E-state index in [1.807, 2.05) is 0 Å². The molecule has 3 rings (SSSR count). The molecule has 0 saturated heterocycles. The van der Waals surface area contributed by atoms with Gasteiger partial charge in [-0.25, -0.2) is 19.2 Å². The maximum Gasteiger partial charge on any atom is 0.418 e. The van der Waals surface area contributed by atoms with Crippen molar-refractivity contribution in [2.24, 2.45) is 10.7 Å². The van der Waals surface area contributed by atoms with E-state index in [-0.39, 0.29) is 23.3 Å². The highest BCUT2D eigenvalue weighted by molar-refractivity contribution is 5.86. The fourth-order valence-corrected chi connectivity index (χ4v) is 3.03. The summed E-state index contributed by atoms with van der Waals surface area (Å²) in [6.07, 6.45) is -5.99. The molecule has 1 aliphatic heterocycles. The number of methoxy groups -OCH3 is 1. The molecule has 2 aromatic rings. The average Bonchev–Trinajstić information content (AvgIpc) is 2.68. The number of halogens is 4. The van der Waals surface area contributed by atoms with Gasteiger partial charge in [0, 0.05) is 11.3 Å². The summed E-state index contributed by atoms with van der Waals surface area (Å²) in [6.45, 7) is 0.499. The number of nitrogens with two attached hydrogens (primary N) is 1. The zero-order valence-electron chi connectivity index (χ0n) is 16.2. The Kier molecular flexibility index (Phi) is 5.97. The summed E-state index contributed by atoms with van der Waals surface area (Å²) in [5.74, 6) is -1.18. The van der Waals surface area contributed by atoms with Crippen molar-refractivity contribution in [2.45, 2.75) is 24.7 Å². The molecule has 1 aromatic carbocycles. The summed E-state index contributed by atoms with van der Waals surface area (Å²) in [7, 11) is 1.38. The summed E-state index contributed by atoms with van der Waals surface area (Å²) in [5, 5.41) is 2.28. The van der Waals surface area contributed by atoms with Gasteiger partial charge >= 0.3 is 12.3 Å². The fraction of sp³-hybridized carbons (Fsp3) is 0.333. The average molecular weight is 443 g/mol. The van der Waals surface area contributed by atoms with Crippen molar-refractivity contribution in [3.8, 4) is 11.8 Å². The summed E-state index contributed by atoms with van der Waals surface area (Å²) < 4.78 is 69.7. The van der Waals surface area contributed by atoms with E-state index in [2.05, 4.69) is 20.3 Å². The van der Waals surface area contributed by atoms with E-state index in [4.69, 9.17) is 19.9 Å². The van der Waals surface area contributed by atoms with E-state index in [0.717, 1.165) is 31.3 Å². The molecule has 1 aliphatic rings. The van der Waals surface area contributed by atoms with Gasteiger partial charge in [-0.05, 0) is 25.1 Å². The van der Waals surface area contributed by atoms with Gasteiger partial charge in [0.15, 0.2) is 6.10 Å². The summed E-state index contributed by atoms with van der Waals surface area (Å²) in [6, 6.07) is 3.03. The first kappa shape index (κ1) is 22.2. The molecule has 0 fully saturated rings. The number of carbonyl (C=O) groups excluding carboxylic acids is 1. The van der Waals surface area contributed by atoms with Gasteiger partial charge in [0.2, 0.25) is 11.8 Å². The smallest absolute Gasteiger partial charge is 0.418 e. The normalized spacial score (nSPS) is 21.2. The molecule has 31 heavy (non-hydrogen) atoms. The maximum absolute atomic E-state index is 14.5. The van der Waals surface area contributed by atoms with E-state index in [1.54, 1.807) is 0 Å². The standard InChI is InChI=1S/C18H17F4N5O4/c1-17(15(18(20,21)22)30-8-12(23)27-17)10-5-9(3-4-11(10)19)26-16(28)31-14-7-24-13(29-2)6-25-14/h3-7,15H,8H2,1-2H3,(H2,23,27)(H,26,28). The van der Waals surface area contributed by atoms with Crippen LogP contribution >= 0.6 is 0 Å².